The molecule has 0 spiro atoms. The van der Waals surface area contributed by atoms with Gasteiger partial charge in [0.05, 0.1) is 19.8 Å². The van der Waals surface area contributed by atoms with Crippen molar-refractivity contribution in [3.63, 3.8) is 0 Å². The Bertz CT molecular complexity index is 916. The summed E-state index contributed by atoms with van der Waals surface area (Å²) in [6.07, 6.45) is -0.562. The lowest BCUT2D eigenvalue weighted by Crippen LogP contribution is -2.60. The number of hydrogen-bond acceptors (Lipinski definition) is 9. The van der Waals surface area contributed by atoms with Crippen LogP contribution in [-0.2, 0) is 38.2 Å². The Labute approximate surface area is 231 Å². The van der Waals surface area contributed by atoms with Crippen LogP contribution in [0.15, 0.2) is 0 Å². The normalized spacial score (nSPS) is 23.6. The smallest absolute Gasteiger partial charge is 0.316 e. The third-order valence-electron chi connectivity index (χ3n) is 5.84. The number of rotatable bonds is 8. The maximum atomic E-state index is 12.9. The van der Waals surface area contributed by atoms with E-state index in [1.54, 1.807) is 13.8 Å². The topological polar surface area (TPSA) is 256 Å². The molecule has 0 radical (unpaired) electrons. The number of hydrazine groups is 1. The van der Waals surface area contributed by atoms with E-state index < -0.39 is 78.6 Å². The van der Waals surface area contributed by atoms with Crippen molar-refractivity contribution in [2.45, 2.75) is 64.1 Å². The van der Waals surface area contributed by atoms with E-state index in [0.29, 0.717) is 6.42 Å². The van der Waals surface area contributed by atoms with Crippen LogP contribution in [-0.4, -0.2) is 97.7 Å². The van der Waals surface area contributed by atoms with E-state index in [4.69, 9.17) is 20.3 Å². The van der Waals surface area contributed by atoms with E-state index in [1.165, 1.54) is 0 Å². The predicted molar refractivity (Wildman–Crippen MR) is 137 cm³/mol. The molecule has 1 rings (SSSR count). The lowest BCUT2D eigenvalue weighted by molar-refractivity contribution is -0.139. The van der Waals surface area contributed by atoms with Crippen LogP contribution in [0.1, 0.15) is 46.0 Å². The van der Waals surface area contributed by atoms with Gasteiger partial charge in [0.2, 0.25) is 17.7 Å². The van der Waals surface area contributed by atoms with E-state index in [-0.39, 0.29) is 45.6 Å². The maximum Gasteiger partial charge on any atom is 0.316 e. The van der Waals surface area contributed by atoms with Gasteiger partial charge in [0.25, 0.3) is 11.8 Å². The first-order chi connectivity index (χ1) is 18.9. The average Bonchev–Trinajstić information content (AvgIpc) is 2.90. The molecule has 4 atom stereocenters. The number of nitrogens with one attached hydrogen (secondary N) is 6. The molecule has 1 heterocycles. The summed E-state index contributed by atoms with van der Waals surface area (Å²) in [7, 11) is 0. The highest BCUT2D eigenvalue weighted by Gasteiger charge is 2.30. The van der Waals surface area contributed by atoms with Gasteiger partial charge in [-0.05, 0) is 18.8 Å². The number of ether oxygens (including phenoxy) is 2. The number of carbonyl (C=O) groups is 7. The third-order valence-corrected chi connectivity index (χ3v) is 5.84. The van der Waals surface area contributed by atoms with Crippen LogP contribution in [0.2, 0.25) is 0 Å². The van der Waals surface area contributed by atoms with Crippen molar-refractivity contribution in [1.82, 2.24) is 32.1 Å². The largest absolute Gasteiger partial charge is 0.481 e. The number of hydrogen-bond donors (Lipinski definition) is 8. The van der Waals surface area contributed by atoms with Gasteiger partial charge < -0.3 is 41.6 Å². The Morgan fingerprint density at radius 2 is 1.52 bits per heavy atom. The van der Waals surface area contributed by atoms with E-state index in [1.807, 2.05) is 0 Å². The van der Waals surface area contributed by atoms with Gasteiger partial charge in [-0.25, -0.2) is 4.79 Å². The van der Waals surface area contributed by atoms with Gasteiger partial charge in [-0.15, -0.1) is 0 Å². The fraction of sp³-hybridized carbons (Fsp3) is 0.696. The zero-order valence-corrected chi connectivity index (χ0v) is 22.6. The molecule has 40 heavy (non-hydrogen) atoms. The molecule has 0 aliphatic carbocycles. The summed E-state index contributed by atoms with van der Waals surface area (Å²) in [5.74, 6) is -5.33. The summed E-state index contributed by atoms with van der Waals surface area (Å²) in [6.45, 7) is 3.20. The second kappa shape index (κ2) is 18.3. The van der Waals surface area contributed by atoms with Crippen molar-refractivity contribution in [2.75, 3.05) is 33.0 Å². The minimum Gasteiger partial charge on any atom is -0.481 e. The molecule has 7 amide bonds. The van der Waals surface area contributed by atoms with E-state index in [2.05, 4.69) is 32.1 Å². The number of nitrogens with two attached hydrogens (primary N) is 1. The number of carboxylic acid groups (broad SMARTS) is 1. The highest BCUT2D eigenvalue weighted by atomic mass is 16.5. The van der Waals surface area contributed by atoms with Gasteiger partial charge in [-0.2, -0.15) is 0 Å². The van der Waals surface area contributed by atoms with Crippen molar-refractivity contribution < 1.29 is 48.1 Å². The molecule has 0 aromatic rings. The molecule has 226 valence electrons. The molecule has 9 N–H and O–H groups in total. The van der Waals surface area contributed by atoms with Crippen molar-refractivity contribution in [2.24, 2.45) is 11.7 Å². The minimum absolute atomic E-state index is 0.00335. The Morgan fingerprint density at radius 1 is 0.900 bits per heavy atom. The maximum absolute atomic E-state index is 12.9. The van der Waals surface area contributed by atoms with Crippen molar-refractivity contribution in [3.8, 4) is 0 Å². The SMILES string of the molecule is CCC(C)[C@@H]1NC(=O)N[C@@H](CCC(N)=O)C(=O)NCCOCCOCC(=O)N[C@@H](CCC(=O)O)C(=O)NNC1=O. The molecule has 17 nitrogen and oxygen atoms in total. The van der Waals surface area contributed by atoms with Crippen LogP contribution >= 0.6 is 0 Å². The molecule has 1 aliphatic heterocycles. The lowest BCUT2D eigenvalue weighted by atomic mass is 9.98. The summed E-state index contributed by atoms with van der Waals surface area (Å²) in [5.41, 5.74) is 9.49. The molecule has 1 fully saturated rings. The first kappa shape index (κ1) is 34.0. The Balaban J connectivity index is 3.10. The molecule has 0 saturated carbocycles. The zero-order chi connectivity index (χ0) is 30.1. The Kier molecular flexibility index (Phi) is 15.6. The number of carbonyl (C=O) groups excluding carboxylic acids is 6. The summed E-state index contributed by atoms with van der Waals surface area (Å²) < 4.78 is 10.5. The Hall–Kier alpha value is -3.99. The Morgan fingerprint density at radius 3 is 2.17 bits per heavy atom. The summed E-state index contributed by atoms with van der Waals surface area (Å²) in [5, 5.41) is 18.8. The van der Waals surface area contributed by atoms with E-state index >= 15 is 0 Å². The minimum atomic E-state index is -1.31. The summed E-state index contributed by atoms with van der Waals surface area (Å²) >= 11 is 0. The van der Waals surface area contributed by atoms with E-state index in [0.717, 1.165) is 0 Å². The van der Waals surface area contributed by atoms with Gasteiger partial charge in [0.15, 0.2) is 0 Å². The monoisotopic (exact) mass is 573 g/mol. The summed E-state index contributed by atoms with van der Waals surface area (Å²) in [4.78, 5) is 85.4. The molecule has 1 aliphatic rings. The average molecular weight is 574 g/mol. The number of amides is 7. The van der Waals surface area contributed by atoms with Crippen LogP contribution in [0, 0.1) is 5.92 Å². The first-order valence-electron chi connectivity index (χ1n) is 12.8. The molecule has 0 aromatic heterocycles. The molecular formula is C23H39N7O10. The van der Waals surface area contributed by atoms with Crippen LogP contribution in [0.4, 0.5) is 4.79 Å². The number of aliphatic carboxylic acids is 1. The number of carboxylic acids is 1. The molecule has 0 bridgehead atoms. The number of primary amides is 1. The molecular weight excluding hydrogens is 534 g/mol. The standard InChI is InChI=1S/C23H39N7O10/c1-3-13(2)19-22(37)30-29-21(36)15(5-7-18(33)34)26-17(32)12-40-11-10-39-9-8-25-20(35)14(4-6-16(24)31)27-23(38)28-19/h13-15,19H,3-12H2,1-2H3,(H2,24,31)(H,25,35)(H,26,32)(H,29,36)(H,30,37)(H,33,34)(H2,27,28,38)/t13?,14-,15-,19-/m0/s1. The van der Waals surface area contributed by atoms with Crippen LogP contribution < -0.4 is 37.9 Å². The van der Waals surface area contributed by atoms with Gasteiger partial charge in [0.1, 0.15) is 24.7 Å². The fourth-order valence-electron chi connectivity index (χ4n) is 3.41. The van der Waals surface area contributed by atoms with Crippen LogP contribution in [0.5, 0.6) is 0 Å². The highest BCUT2D eigenvalue weighted by Crippen LogP contribution is 2.08. The third kappa shape index (κ3) is 13.7. The van der Waals surface area contributed by atoms with Crippen molar-refractivity contribution >= 4 is 41.5 Å². The van der Waals surface area contributed by atoms with Crippen LogP contribution in [0.25, 0.3) is 0 Å². The van der Waals surface area contributed by atoms with Gasteiger partial charge in [-0.1, -0.05) is 20.3 Å². The van der Waals surface area contributed by atoms with Gasteiger partial charge in [0, 0.05) is 19.4 Å². The lowest BCUT2D eigenvalue weighted by Gasteiger charge is -2.26. The zero-order valence-electron chi connectivity index (χ0n) is 22.6. The second-order valence-electron chi connectivity index (χ2n) is 9.03. The quantitative estimate of drug-likeness (QED) is 0.146. The molecule has 1 saturated heterocycles. The van der Waals surface area contributed by atoms with Gasteiger partial charge in [-0.3, -0.25) is 39.6 Å². The highest BCUT2D eigenvalue weighted by molar-refractivity contribution is 5.93. The van der Waals surface area contributed by atoms with Crippen molar-refractivity contribution in [1.29, 1.82) is 0 Å². The molecule has 17 heteroatoms. The summed E-state index contributed by atoms with van der Waals surface area (Å²) in [6, 6.07) is -4.52. The molecule has 0 aromatic carbocycles. The first-order valence-corrected chi connectivity index (χ1v) is 12.8. The van der Waals surface area contributed by atoms with Gasteiger partial charge >= 0.3 is 12.0 Å². The van der Waals surface area contributed by atoms with Crippen LogP contribution in [0.3, 0.4) is 0 Å². The van der Waals surface area contributed by atoms with Crippen molar-refractivity contribution in [3.05, 3.63) is 0 Å². The van der Waals surface area contributed by atoms with E-state index in [9.17, 15) is 33.6 Å². The fourth-order valence-corrected chi connectivity index (χ4v) is 3.41. The predicted octanol–water partition coefficient (Wildman–Crippen LogP) is -3.01. The molecule has 1 unspecified atom stereocenters. The second-order valence-corrected chi connectivity index (χ2v) is 9.03. The number of urea groups is 1.